The van der Waals surface area contributed by atoms with E-state index in [2.05, 4.69) is 104 Å². The fourth-order valence-corrected chi connectivity index (χ4v) is 10.2. The molecule has 2 aliphatic heterocycles. The molecule has 2 saturated heterocycles. The number of aliphatic hydroxyl groups is 8. The summed E-state index contributed by atoms with van der Waals surface area (Å²) in [5.74, 6) is -0.274. The molecule has 2 heterocycles. The Kier molecular flexibility index (Phi) is 48.7. The maximum Gasteiger partial charge on any atom is 0.220 e. The minimum absolute atomic E-state index is 0.242. The van der Waals surface area contributed by atoms with Crippen LogP contribution in [0.2, 0.25) is 0 Å². The van der Waals surface area contributed by atoms with E-state index in [0.29, 0.717) is 12.8 Å². The lowest BCUT2D eigenvalue weighted by Gasteiger charge is -2.46. The average Bonchev–Trinajstić information content (AvgIpc) is 3.59. The van der Waals surface area contributed by atoms with Crippen molar-refractivity contribution in [1.82, 2.24) is 5.32 Å². The zero-order chi connectivity index (χ0) is 60.2. The Hall–Kier alpha value is -3.09. The minimum atomic E-state index is -1.80. The first-order chi connectivity index (χ1) is 40.6. The van der Waals surface area contributed by atoms with Crippen LogP contribution in [-0.4, -0.2) is 140 Å². The van der Waals surface area contributed by atoms with Crippen molar-refractivity contribution in [1.29, 1.82) is 0 Å². The van der Waals surface area contributed by atoms with Gasteiger partial charge in [0.1, 0.15) is 48.8 Å². The number of nitrogens with one attached hydrogen (secondary N) is 1. The molecule has 0 aromatic rings. The molecule has 14 heteroatoms. The van der Waals surface area contributed by atoms with Gasteiger partial charge in [-0.25, -0.2) is 0 Å². The Bertz CT molecular complexity index is 1760. The molecule has 12 unspecified atom stereocenters. The highest BCUT2D eigenvalue weighted by atomic mass is 16.7. The summed E-state index contributed by atoms with van der Waals surface area (Å²) in [6.07, 6.45) is 57.4. The number of carbonyl (C=O) groups excluding carboxylic acids is 1. The minimum Gasteiger partial charge on any atom is -0.394 e. The van der Waals surface area contributed by atoms with E-state index in [-0.39, 0.29) is 18.9 Å². The number of unbranched alkanes of at least 4 members (excludes halogenated alkanes) is 25. The molecule has 0 saturated carbocycles. The number of carbonyl (C=O) groups is 1. The standard InChI is InChI=1S/C69H119NO13/c1-3-5-7-9-11-13-15-17-19-21-23-25-26-27-28-29-30-31-33-34-36-38-40-42-44-46-48-50-52-58(73)57(56-80-68-66(79)64(77)67(60(55-72)82-68)83-69-65(78)63(76)62(75)59(54-71)81-69)70-61(74)53-51-49-47-45-43-41-39-37-35-32-24-22-20-18-16-14-12-10-8-6-4-2/h6,8,12,14,18,20,24,32,34,36-37,39,42,44,50,52,57-60,62-69,71-73,75-79H,3-5,7,9-11,13,15-17,19,21-23,25-31,33,35,38,40-41,43,45-49,51,53-56H2,1-2H3,(H,70,74)/b8-6-,14-12-,20-18-,32-24-,36-34+,39-37-,44-42+,52-50+. The van der Waals surface area contributed by atoms with Crippen LogP contribution in [0.4, 0.5) is 0 Å². The summed E-state index contributed by atoms with van der Waals surface area (Å²) < 4.78 is 22.8. The third-order valence-corrected chi connectivity index (χ3v) is 15.5. The number of aliphatic hydroxyl groups excluding tert-OH is 8. The highest BCUT2D eigenvalue weighted by molar-refractivity contribution is 5.76. The van der Waals surface area contributed by atoms with Gasteiger partial charge in [0.25, 0.3) is 0 Å². The fourth-order valence-electron chi connectivity index (χ4n) is 10.2. The third kappa shape index (κ3) is 37.9. The van der Waals surface area contributed by atoms with Crippen LogP contribution >= 0.6 is 0 Å². The molecule has 0 aromatic carbocycles. The molecule has 14 nitrogen and oxygen atoms in total. The quantitative estimate of drug-likeness (QED) is 0.0204. The van der Waals surface area contributed by atoms with Gasteiger partial charge in [-0.2, -0.15) is 0 Å². The zero-order valence-electron chi connectivity index (χ0n) is 51.7. The Morgan fingerprint density at radius 1 is 0.446 bits per heavy atom. The smallest absolute Gasteiger partial charge is 0.220 e. The summed E-state index contributed by atoms with van der Waals surface area (Å²) in [5.41, 5.74) is 0. The molecular formula is C69H119NO13. The van der Waals surface area contributed by atoms with E-state index in [1.807, 2.05) is 6.08 Å². The highest BCUT2D eigenvalue weighted by Gasteiger charge is 2.51. The maximum atomic E-state index is 13.3. The molecule has 0 radical (unpaired) electrons. The summed E-state index contributed by atoms with van der Waals surface area (Å²) in [6, 6.07) is -0.956. The first-order valence-electron chi connectivity index (χ1n) is 33.0. The first-order valence-corrected chi connectivity index (χ1v) is 33.0. The van der Waals surface area contributed by atoms with Crippen molar-refractivity contribution in [2.75, 3.05) is 19.8 Å². The molecule has 0 aromatic heterocycles. The Balaban J connectivity index is 1.75. The van der Waals surface area contributed by atoms with Crippen LogP contribution in [0.15, 0.2) is 97.2 Å². The molecule has 2 aliphatic rings. The topological polar surface area (TPSA) is 228 Å². The van der Waals surface area contributed by atoms with Crippen LogP contribution in [0, 0.1) is 0 Å². The van der Waals surface area contributed by atoms with Gasteiger partial charge < -0.3 is 65.1 Å². The average molecular weight is 1170 g/mol. The van der Waals surface area contributed by atoms with Crippen molar-refractivity contribution in [2.24, 2.45) is 0 Å². The Morgan fingerprint density at radius 3 is 1.33 bits per heavy atom. The predicted molar refractivity (Wildman–Crippen MR) is 336 cm³/mol. The summed E-state index contributed by atoms with van der Waals surface area (Å²) in [5, 5.41) is 87.3. The summed E-state index contributed by atoms with van der Waals surface area (Å²) in [4.78, 5) is 13.3. The summed E-state index contributed by atoms with van der Waals surface area (Å²) in [7, 11) is 0. The maximum absolute atomic E-state index is 13.3. The van der Waals surface area contributed by atoms with Crippen molar-refractivity contribution < 1.29 is 64.6 Å². The van der Waals surface area contributed by atoms with Crippen molar-refractivity contribution >= 4 is 5.91 Å². The molecule has 478 valence electrons. The number of amides is 1. The lowest BCUT2D eigenvalue weighted by atomic mass is 9.97. The number of rotatable bonds is 52. The normalized spacial score (nSPS) is 24.5. The van der Waals surface area contributed by atoms with Crippen molar-refractivity contribution in [3.8, 4) is 0 Å². The van der Waals surface area contributed by atoms with E-state index in [1.165, 1.54) is 116 Å². The van der Waals surface area contributed by atoms with Crippen LogP contribution in [-0.2, 0) is 23.7 Å². The van der Waals surface area contributed by atoms with Gasteiger partial charge in [0, 0.05) is 6.42 Å². The molecule has 1 amide bonds. The van der Waals surface area contributed by atoms with E-state index >= 15 is 0 Å². The van der Waals surface area contributed by atoms with Gasteiger partial charge >= 0.3 is 0 Å². The van der Waals surface area contributed by atoms with Crippen LogP contribution in [0.5, 0.6) is 0 Å². The van der Waals surface area contributed by atoms with Gasteiger partial charge in [-0.1, -0.05) is 239 Å². The van der Waals surface area contributed by atoms with E-state index in [0.717, 1.165) is 89.9 Å². The van der Waals surface area contributed by atoms with Crippen LogP contribution < -0.4 is 5.32 Å². The molecular weight excluding hydrogens is 1050 g/mol. The van der Waals surface area contributed by atoms with Gasteiger partial charge in [0.15, 0.2) is 12.6 Å². The number of allylic oxidation sites excluding steroid dienone is 15. The van der Waals surface area contributed by atoms with Crippen molar-refractivity contribution in [2.45, 2.75) is 312 Å². The van der Waals surface area contributed by atoms with Gasteiger partial charge in [-0.15, -0.1) is 0 Å². The highest BCUT2D eigenvalue weighted by Crippen LogP contribution is 2.30. The number of hydrogen-bond donors (Lipinski definition) is 9. The molecule has 0 bridgehead atoms. The molecule has 2 fully saturated rings. The number of hydrogen-bond acceptors (Lipinski definition) is 13. The van der Waals surface area contributed by atoms with E-state index in [1.54, 1.807) is 6.08 Å². The van der Waals surface area contributed by atoms with Crippen molar-refractivity contribution in [3.63, 3.8) is 0 Å². The number of ether oxygens (including phenoxy) is 4. The lowest BCUT2D eigenvalue weighted by Crippen LogP contribution is -2.65. The van der Waals surface area contributed by atoms with E-state index in [9.17, 15) is 45.6 Å². The second-order valence-corrected chi connectivity index (χ2v) is 22.8. The molecule has 12 atom stereocenters. The monoisotopic (exact) mass is 1170 g/mol. The molecule has 0 spiro atoms. The van der Waals surface area contributed by atoms with E-state index in [4.69, 9.17) is 18.9 Å². The van der Waals surface area contributed by atoms with Gasteiger partial charge in [0.2, 0.25) is 5.91 Å². The summed E-state index contributed by atoms with van der Waals surface area (Å²) >= 11 is 0. The fraction of sp³-hybridized carbons (Fsp3) is 0.754. The Labute approximate surface area is 503 Å². The van der Waals surface area contributed by atoms with Gasteiger partial charge in [-0.3, -0.25) is 4.79 Å². The largest absolute Gasteiger partial charge is 0.394 e. The van der Waals surface area contributed by atoms with Crippen molar-refractivity contribution in [3.05, 3.63) is 97.2 Å². The molecule has 83 heavy (non-hydrogen) atoms. The summed E-state index contributed by atoms with van der Waals surface area (Å²) in [6.45, 7) is 2.65. The van der Waals surface area contributed by atoms with Crippen LogP contribution in [0.25, 0.3) is 0 Å². The van der Waals surface area contributed by atoms with Gasteiger partial charge in [0.05, 0.1) is 32.0 Å². The molecule has 9 N–H and O–H groups in total. The molecule has 2 rings (SSSR count). The first kappa shape index (κ1) is 76.0. The molecule has 0 aliphatic carbocycles. The second kappa shape index (κ2) is 53.2. The van der Waals surface area contributed by atoms with Gasteiger partial charge in [-0.05, 0) is 89.9 Å². The van der Waals surface area contributed by atoms with Crippen LogP contribution in [0.1, 0.15) is 239 Å². The lowest BCUT2D eigenvalue weighted by molar-refractivity contribution is -0.359. The van der Waals surface area contributed by atoms with E-state index < -0.39 is 86.8 Å². The third-order valence-electron chi connectivity index (χ3n) is 15.5. The second-order valence-electron chi connectivity index (χ2n) is 22.8. The SMILES string of the molecule is CC/C=C\C/C=C\C/C=C\C/C=C\C/C=C\CCCCCCCC(=O)NC(COC1OC(CO)C(OC2OC(CO)C(O)C(O)C2O)C(O)C1O)C(O)/C=C/CC/C=C/CC/C=C/CCCCCCCCCCCCCCCCCCCC. The Morgan fingerprint density at radius 2 is 0.843 bits per heavy atom. The predicted octanol–water partition coefficient (Wildman–Crippen LogP) is 12.6. The van der Waals surface area contributed by atoms with Crippen LogP contribution in [0.3, 0.4) is 0 Å². The zero-order valence-corrected chi connectivity index (χ0v) is 51.7.